The van der Waals surface area contributed by atoms with Crippen molar-refractivity contribution in [2.75, 3.05) is 0 Å². The second-order valence-electron chi connectivity index (χ2n) is 2.28. The predicted octanol–water partition coefficient (Wildman–Crippen LogP) is 3.53. The van der Waals surface area contributed by atoms with Crippen molar-refractivity contribution in [3.05, 3.63) is 21.9 Å². The second kappa shape index (κ2) is 4.56. The van der Waals surface area contributed by atoms with E-state index in [1.807, 2.05) is 13.0 Å². The molecule has 0 heterocycles. The first-order valence-corrected chi connectivity index (χ1v) is 4.09. The quantitative estimate of drug-likeness (QED) is 0.540. The lowest BCUT2D eigenvalue weighted by atomic mass is 10.2. The molecule has 0 unspecified atom stereocenters. The molecule has 0 bridgehead atoms. The molecular formula is C8H13BrO. The lowest BCUT2D eigenvalue weighted by molar-refractivity contribution is 0.413. The Hall–Kier alpha value is -0.240. The highest BCUT2D eigenvalue weighted by Crippen LogP contribution is 2.14. The van der Waals surface area contributed by atoms with E-state index in [0.717, 1.165) is 10.9 Å². The Kier molecular flexibility index (Phi) is 4.45. The maximum absolute atomic E-state index is 8.95. The Morgan fingerprint density at radius 3 is 2.30 bits per heavy atom. The second-order valence-corrected chi connectivity index (χ2v) is 3.13. The van der Waals surface area contributed by atoms with Gasteiger partial charge in [-0.3, -0.25) is 0 Å². The van der Waals surface area contributed by atoms with E-state index in [0.29, 0.717) is 5.76 Å². The number of aliphatic hydroxyl groups excluding tert-OH is 1. The molecule has 0 aliphatic heterocycles. The zero-order chi connectivity index (χ0) is 8.15. The van der Waals surface area contributed by atoms with Crippen LogP contribution < -0.4 is 0 Å². The summed E-state index contributed by atoms with van der Waals surface area (Å²) in [6.45, 7) is 5.77. The third-order valence-corrected chi connectivity index (χ3v) is 2.08. The van der Waals surface area contributed by atoms with Crippen LogP contribution >= 0.6 is 15.9 Å². The van der Waals surface area contributed by atoms with Crippen LogP contribution in [-0.4, -0.2) is 5.11 Å². The van der Waals surface area contributed by atoms with Crippen LogP contribution in [0.1, 0.15) is 27.2 Å². The van der Waals surface area contributed by atoms with Crippen LogP contribution in [0.3, 0.4) is 0 Å². The van der Waals surface area contributed by atoms with Crippen molar-refractivity contribution < 1.29 is 5.11 Å². The molecule has 0 aliphatic rings. The van der Waals surface area contributed by atoms with E-state index in [4.69, 9.17) is 5.11 Å². The minimum atomic E-state index is 0.327. The summed E-state index contributed by atoms with van der Waals surface area (Å²) in [4.78, 5) is 0. The molecule has 1 N–H and O–H groups in total. The fraction of sp³-hybridized carbons (Fsp3) is 0.500. The van der Waals surface area contributed by atoms with Gasteiger partial charge in [0.1, 0.15) is 5.76 Å². The molecule has 0 saturated carbocycles. The van der Waals surface area contributed by atoms with Crippen LogP contribution in [0.2, 0.25) is 0 Å². The van der Waals surface area contributed by atoms with Crippen LogP contribution in [0.5, 0.6) is 0 Å². The molecule has 0 aromatic heterocycles. The number of aliphatic hydroxyl groups is 1. The molecule has 58 valence electrons. The zero-order valence-electron chi connectivity index (χ0n) is 6.61. The maximum atomic E-state index is 8.95. The summed E-state index contributed by atoms with van der Waals surface area (Å²) in [7, 11) is 0. The Labute approximate surface area is 70.6 Å². The molecule has 0 saturated heterocycles. The van der Waals surface area contributed by atoms with Crippen molar-refractivity contribution in [1.29, 1.82) is 0 Å². The third kappa shape index (κ3) is 3.72. The zero-order valence-corrected chi connectivity index (χ0v) is 8.20. The number of allylic oxidation sites excluding steroid dienone is 4. The van der Waals surface area contributed by atoms with Gasteiger partial charge in [-0.15, -0.1) is 0 Å². The van der Waals surface area contributed by atoms with Crippen LogP contribution in [0.4, 0.5) is 0 Å². The van der Waals surface area contributed by atoms with Gasteiger partial charge in [0.25, 0.3) is 0 Å². The maximum Gasteiger partial charge on any atom is 0.103 e. The number of hydrogen-bond acceptors (Lipinski definition) is 1. The van der Waals surface area contributed by atoms with Gasteiger partial charge in [0, 0.05) is 0 Å². The lowest BCUT2D eigenvalue weighted by Crippen LogP contribution is -1.77. The smallest absolute Gasteiger partial charge is 0.103 e. The number of halogens is 1. The van der Waals surface area contributed by atoms with Crippen LogP contribution in [-0.2, 0) is 0 Å². The van der Waals surface area contributed by atoms with Gasteiger partial charge in [-0.25, -0.2) is 0 Å². The van der Waals surface area contributed by atoms with Crippen LogP contribution in [0.25, 0.3) is 0 Å². The summed E-state index contributed by atoms with van der Waals surface area (Å²) >= 11 is 3.24. The third-order valence-electron chi connectivity index (χ3n) is 1.28. The topological polar surface area (TPSA) is 20.2 Å². The summed E-state index contributed by atoms with van der Waals surface area (Å²) in [6.07, 6.45) is 2.94. The van der Waals surface area contributed by atoms with Gasteiger partial charge in [-0.2, -0.15) is 0 Å². The van der Waals surface area contributed by atoms with Gasteiger partial charge in [-0.05, 0) is 42.3 Å². The minimum absolute atomic E-state index is 0.327. The minimum Gasteiger partial charge on any atom is -0.511 e. The fourth-order valence-corrected chi connectivity index (χ4v) is 0.814. The van der Waals surface area contributed by atoms with Crippen molar-refractivity contribution in [3.63, 3.8) is 0 Å². The molecule has 10 heavy (non-hydrogen) atoms. The van der Waals surface area contributed by atoms with Crippen molar-refractivity contribution in [1.82, 2.24) is 0 Å². The molecule has 0 fully saturated rings. The van der Waals surface area contributed by atoms with Crippen LogP contribution in [0.15, 0.2) is 21.9 Å². The molecule has 0 spiro atoms. The summed E-state index contributed by atoms with van der Waals surface area (Å²) in [6, 6.07) is 0. The first-order valence-electron chi connectivity index (χ1n) is 3.30. The van der Waals surface area contributed by atoms with Gasteiger partial charge in [0.15, 0.2) is 0 Å². The highest BCUT2D eigenvalue weighted by molar-refractivity contribution is 9.11. The SMILES string of the molecule is CCC(C)=C/C(Br)=C(\C)O. The van der Waals surface area contributed by atoms with Crippen molar-refractivity contribution in [3.8, 4) is 0 Å². The van der Waals surface area contributed by atoms with Gasteiger partial charge < -0.3 is 5.11 Å². The van der Waals surface area contributed by atoms with Crippen LogP contribution in [0, 0.1) is 0 Å². The monoisotopic (exact) mass is 204 g/mol. The molecule has 0 aromatic carbocycles. The largest absolute Gasteiger partial charge is 0.511 e. The van der Waals surface area contributed by atoms with Gasteiger partial charge in [-0.1, -0.05) is 12.5 Å². The standard InChI is InChI=1S/C8H13BrO/c1-4-6(2)5-8(9)7(3)10/h5,10H,4H2,1-3H3/b6-5?,8-7-. The summed E-state index contributed by atoms with van der Waals surface area (Å²) in [5.74, 6) is 0.327. The molecular weight excluding hydrogens is 192 g/mol. The first kappa shape index (κ1) is 9.76. The summed E-state index contributed by atoms with van der Waals surface area (Å²) < 4.78 is 0.770. The van der Waals surface area contributed by atoms with Crippen molar-refractivity contribution in [2.45, 2.75) is 27.2 Å². The van der Waals surface area contributed by atoms with E-state index in [9.17, 15) is 0 Å². The molecule has 0 amide bonds. The van der Waals surface area contributed by atoms with Crippen molar-refractivity contribution >= 4 is 15.9 Å². The predicted molar refractivity (Wildman–Crippen MR) is 48.3 cm³/mol. The van der Waals surface area contributed by atoms with E-state index in [2.05, 4.69) is 22.9 Å². The molecule has 1 nitrogen and oxygen atoms in total. The lowest BCUT2D eigenvalue weighted by Gasteiger charge is -1.95. The Balaban J connectivity index is 4.27. The highest BCUT2D eigenvalue weighted by atomic mass is 79.9. The fourth-order valence-electron chi connectivity index (χ4n) is 0.423. The summed E-state index contributed by atoms with van der Waals surface area (Å²) in [5, 5.41) is 8.95. The Morgan fingerprint density at radius 1 is 1.50 bits per heavy atom. The van der Waals surface area contributed by atoms with E-state index in [1.165, 1.54) is 5.57 Å². The van der Waals surface area contributed by atoms with E-state index < -0.39 is 0 Å². The average molecular weight is 205 g/mol. The summed E-state index contributed by atoms with van der Waals surface area (Å²) in [5.41, 5.74) is 1.25. The van der Waals surface area contributed by atoms with Gasteiger partial charge in [0.05, 0.1) is 4.48 Å². The van der Waals surface area contributed by atoms with Gasteiger partial charge >= 0.3 is 0 Å². The number of hydrogen-bond donors (Lipinski definition) is 1. The van der Waals surface area contributed by atoms with E-state index >= 15 is 0 Å². The number of rotatable bonds is 2. The normalized spacial score (nSPS) is 15.0. The Bertz CT molecular complexity index is 164. The molecule has 0 aliphatic carbocycles. The average Bonchev–Trinajstić information content (AvgIpc) is 1.87. The van der Waals surface area contributed by atoms with Gasteiger partial charge in [0.2, 0.25) is 0 Å². The molecule has 0 rings (SSSR count). The van der Waals surface area contributed by atoms with E-state index in [1.54, 1.807) is 6.92 Å². The molecule has 0 radical (unpaired) electrons. The Morgan fingerprint density at radius 2 is 2.00 bits per heavy atom. The highest BCUT2D eigenvalue weighted by Gasteiger charge is 1.91. The molecule has 0 atom stereocenters. The van der Waals surface area contributed by atoms with E-state index in [-0.39, 0.29) is 0 Å². The first-order chi connectivity index (χ1) is 4.57. The molecule has 2 heteroatoms. The van der Waals surface area contributed by atoms with Crippen molar-refractivity contribution in [2.24, 2.45) is 0 Å². The molecule has 0 aromatic rings.